The summed E-state index contributed by atoms with van der Waals surface area (Å²) in [6.45, 7) is 5.73. The molecule has 1 N–H and O–H groups in total. The van der Waals surface area contributed by atoms with Gasteiger partial charge in [0.05, 0.1) is 0 Å². The maximum absolute atomic E-state index is 12.6. The monoisotopic (exact) mass is 352 g/mol. The fourth-order valence-corrected chi connectivity index (χ4v) is 3.50. The van der Waals surface area contributed by atoms with E-state index >= 15 is 0 Å². The first kappa shape index (κ1) is 18.6. The number of carbonyl (C=O) groups excluding carboxylic acids is 1. The number of hydrogen-bond acceptors (Lipinski definition) is 5. The summed E-state index contributed by atoms with van der Waals surface area (Å²) in [5.41, 5.74) is 3.05. The molecule has 3 heterocycles. The van der Waals surface area contributed by atoms with E-state index in [-0.39, 0.29) is 18.3 Å². The number of fused-ring (bicyclic) bond motifs is 1. The average molecular weight is 353 g/mol. The van der Waals surface area contributed by atoms with Crippen molar-refractivity contribution in [2.75, 3.05) is 20.1 Å². The third-order valence-corrected chi connectivity index (χ3v) is 4.71. The van der Waals surface area contributed by atoms with E-state index in [4.69, 9.17) is 0 Å². The fourth-order valence-electron chi connectivity index (χ4n) is 3.50. The Balaban J connectivity index is 0.00000208. The maximum atomic E-state index is 12.6. The third kappa shape index (κ3) is 3.52. The summed E-state index contributed by atoms with van der Waals surface area (Å²) in [7, 11) is 1.94. The topological polar surface area (TPSA) is 75.4 Å². The Labute approximate surface area is 148 Å². The quantitative estimate of drug-likeness (QED) is 0.878. The van der Waals surface area contributed by atoms with Gasteiger partial charge in [-0.1, -0.05) is 0 Å². The molecule has 2 aromatic heterocycles. The lowest BCUT2D eigenvalue weighted by Gasteiger charge is -2.24. The van der Waals surface area contributed by atoms with Gasteiger partial charge >= 0.3 is 0 Å². The van der Waals surface area contributed by atoms with Crippen LogP contribution in [0.3, 0.4) is 0 Å². The highest BCUT2D eigenvalue weighted by Gasteiger charge is 2.27. The molecular formula is C16H25ClN6O. The van der Waals surface area contributed by atoms with Gasteiger partial charge in [-0.05, 0) is 45.7 Å². The van der Waals surface area contributed by atoms with Crippen LogP contribution < -0.4 is 5.32 Å². The molecule has 8 heteroatoms. The fraction of sp³-hybridized carbons (Fsp3) is 0.625. The minimum atomic E-state index is 0. The Hall–Kier alpha value is -1.73. The zero-order valence-corrected chi connectivity index (χ0v) is 15.3. The predicted molar refractivity (Wildman–Crippen MR) is 94.5 cm³/mol. The van der Waals surface area contributed by atoms with Gasteiger partial charge in [-0.25, -0.2) is 9.50 Å². The molecule has 0 bridgehead atoms. The van der Waals surface area contributed by atoms with Crippen LogP contribution in [0.15, 0.2) is 6.33 Å². The largest absolute Gasteiger partial charge is 0.338 e. The number of amides is 1. The number of carbonyl (C=O) groups is 1. The zero-order valence-electron chi connectivity index (χ0n) is 14.4. The van der Waals surface area contributed by atoms with Gasteiger partial charge in [0.15, 0.2) is 0 Å². The molecule has 1 amide bonds. The lowest BCUT2D eigenvalue weighted by Crippen LogP contribution is -2.40. The number of aryl methyl sites for hydroxylation is 2. The Morgan fingerprint density at radius 2 is 2.21 bits per heavy atom. The van der Waals surface area contributed by atoms with Crippen LogP contribution in [-0.2, 0) is 11.2 Å². The van der Waals surface area contributed by atoms with E-state index in [1.807, 2.05) is 25.8 Å². The zero-order chi connectivity index (χ0) is 16.4. The van der Waals surface area contributed by atoms with E-state index in [9.17, 15) is 4.79 Å². The lowest BCUT2D eigenvalue weighted by atomic mass is 10.1. The molecule has 1 fully saturated rings. The summed E-state index contributed by atoms with van der Waals surface area (Å²) in [5.74, 6) is 0.851. The summed E-state index contributed by atoms with van der Waals surface area (Å²) in [4.78, 5) is 23.2. The number of aromatic nitrogens is 4. The molecule has 0 spiro atoms. The molecule has 24 heavy (non-hydrogen) atoms. The van der Waals surface area contributed by atoms with Gasteiger partial charge in [-0.2, -0.15) is 10.1 Å². The highest BCUT2D eigenvalue weighted by molar-refractivity contribution is 5.85. The minimum absolute atomic E-state index is 0. The van der Waals surface area contributed by atoms with Crippen LogP contribution in [0.5, 0.6) is 0 Å². The van der Waals surface area contributed by atoms with Crippen molar-refractivity contribution >= 4 is 24.1 Å². The number of nitrogens with zero attached hydrogens (tertiary/aromatic N) is 5. The molecule has 7 nitrogen and oxygen atoms in total. The summed E-state index contributed by atoms with van der Waals surface area (Å²) in [6.07, 6.45) is 4.92. The van der Waals surface area contributed by atoms with Gasteiger partial charge in [0, 0.05) is 36.9 Å². The molecule has 0 saturated carbocycles. The van der Waals surface area contributed by atoms with Crippen molar-refractivity contribution in [2.45, 2.75) is 45.6 Å². The van der Waals surface area contributed by atoms with Gasteiger partial charge in [0.2, 0.25) is 5.91 Å². The molecular weight excluding hydrogens is 328 g/mol. The van der Waals surface area contributed by atoms with E-state index in [0.29, 0.717) is 24.7 Å². The van der Waals surface area contributed by atoms with Crippen LogP contribution in [0.1, 0.15) is 36.2 Å². The van der Waals surface area contributed by atoms with E-state index in [0.717, 1.165) is 42.9 Å². The Morgan fingerprint density at radius 3 is 2.96 bits per heavy atom. The van der Waals surface area contributed by atoms with Crippen molar-refractivity contribution in [3.8, 4) is 0 Å². The van der Waals surface area contributed by atoms with Crippen molar-refractivity contribution in [1.29, 1.82) is 0 Å². The highest BCUT2D eigenvalue weighted by Crippen LogP contribution is 2.20. The third-order valence-electron chi connectivity index (χ3n) is 4.71. The van der Waals surface area contributed by atoms with Gasteiger partial charge < -0.3 is 10.2 Å². The Morgan fingerprint density at radius 1 is 1.42 bits per heavy atom. The van der Waals surface area contributed by atoms with Crippen LogP contribution in [0.4, 0.5) is 0 Å². The SMILES string of the molecule is CNCC1CCCN1C(=O)CCc1c(C)nc2ncnn2c1C.Cl. The molecule has 0 aliphatic carbocycles. The first-order valence-corrected chi connectivity index (χ1v) is 8.21. The van der Waals surface area contributed by atoms with Gasteiger partial charge in [0.1, 0.15) is 6.33 Å². The van der Waals surface area contributed by atoms with E-state index in [1.165, 1.54) is 6.33 Å². The van der Waals surface area contributed by atoms with Crippen LogP contribution in [0.2, 0.25) is 0 Å². The summed E-state index contributed by atoms with van der Waals surface area (Å²) < 4.78 is 1.74. The number of hydrogen-bond donors (Lipinski definition) is 1. The predicted octanol–water partition coefficient (Wildman–Crippen LogP) is 1.31. The number of nitrogens with one attached hydrogen (secondary N) is 1. The molecule has 0 aromatic carbocycles. The number of likely N-dealkylation sites (tertiary alicyclic amines) is 1. The van der Waals surface area contributed by atoms with Crippen molar-refractivity contribution in [3.63, 3.8) is 0 Å². The summed E-state index contributed by atoms with van der Waals surface area (Å²) in [6, 6.07) is 0.339. The van der Waals surface area contributed by atoms with Crippen LogP contribution in [0.25, 0.3) is 5.78 Å². The smallest absolute Gasteiger partial charge is 0.252 e. The normalized spacial score (nSPS) is 17.3. The van der Waals surface area contributed by atoms with Crippen LogP contribution in [0, 0.1) is 13.8 Å². The second-order valence-electron chi connectivity index (χ2n) is 6.17. The molecule has 3 rings (SSSR count). The minimum Gasteiger partial charge on any atom is -0.338 e. The van der Waals surface area contributed by atoms with Crippen molar-refractivity contribution in [2.24, 2.45) is 0 Å². The van der Waals surface area contributed by atoms with Crippen LogP contribution in [-0.4, -0.2) is 56.6 Å². The molecule has 1 saturated heterocycles. The molecule has 132 valence electrons. The molecule has 2 aromatic rings. The number of likely N-dealkylation sites (N-methyl/N-ethyl adjacent to an activating group) is 1. The van der Waals surface area contributed by atoms with Crippen molar-refractivity contribution in [3.05, 3.63) is 23.3 Å². The van der Waals surface area contributed by atoms with E-state index in [2.05, 4.69) is 20.4 Å². The van der Waals surface area contributed by atoms with Crippen LogP contribution >= 0.6 is 12.4 Å². The molecule has 1 aliphatic heterocycles. The van der Waals surface area contributed by atoms with E-state index < -0.39 is 0 Å². The molecule has 1 unspecified atom stereocenters. The first-order chi connectivity index (χ1) is 11.1. The first-order valence-electron chi connectivity index (χ1n) is 8.21. The molecule has 1 atom stereocenters. The van der Waals surface area contributed by atoms with Crippen molar-refractivity contribution < 1.29 is 4.79 Å². The average Bonchev–Trinajstić information content (AvgIpc) is 3.16. The van der Waals surface area contributed by atoms with Gasteiger partial charge in [0.25, 0.3) is 5.78 Å². The van der Waals surface area contributed by atoms with Crippen molar-refractivity contribution in [1.82, 2.24) is 29.8 Å². The van der Waals surface area contributed by atoms with Gasteiger partial charge in [-0.15, -0.1) is 12.4 Å². The number of rotatable bonds is 5. The van der Waals surface area contributed by atoms with E-state index in [1.54, 1.807) is 4.52 Å². The molecule has 0 radical (unpaired) electrons. The standard InChI is InChI=1S/C16H24N6O.ClH/c1-11-14(12(2)22-16(20-11)18-10-19-22)6-7-15(23)21-8-4-5-13(21)9-17-3;/h10,13,17H,4-9H2,1-3H3;1H. The highest BCUT2D eigenvalue weighted by atomic mass is 35.5. The molecule has 1 aliphatic rings. The lowest BCUT2D eigenvalue weighted by molar-refractivity contribution is -0.131. The maximum Gasteiger partial charge on any atom is 0.252 e. The Kier molecular flexibility index (Phi) is 6.12. The van der Waals surface area contributed by atoms with Gasteiger partial charge in [-0.3, -0.25) is 4.79 Å². The summed E-state index contributed by atoms with van der Waals surface area (Å²) >= 11 is 0. The summed E-state index contributed by atoms with van der Waals surface area (Å²) in [5, 5.41) is 7.38. The second kappa shape index (κ2) is 7.90. The number of halogens is 1. The second-order valence-corrected chi connectivity index (χ2v) is 6.17. The Bertz CT molecular complexity index is 716.